The molecular formula is C25H23F3N2O. The predicted octanol–water partition coefficient (Wildman–Crippen LogP) is 6.22. The maximum absolute atomic E-state index is 13.7. The van der Waals surface area contributed by atoms with Crippen LogP contribution < -0.4 is 5.32 Å². The van der Waals surface area contributed by atoms with E-state index in [1.54, 1.807) is 0 Å². The van der Waals surface area contributed by atoms with E-state index >= 15 is 0 Å². The van der Waals surface area contributed by atoms with Crippen molar-refractivity contribution < 1.29 is 18.0 Å². The molecule has 1 aliphatic heterocycles. The number of benzene rings is 3. The quantitative estimate of drug-likeness (QED) is 0.527. The summed E-state index contributed by atoms with van der Waals surface area (Å²) in [6, 6.07) is 23.1. The van der Waals surface area contributed by atoms with Crippen LogP contribution in [0.4, 0.5) is 18.9 Å². The molecule has 1 amide bonds. The van der Waals surface area contributed by atoms with Crippen LogP contribution in [0.5, 0.6) is 0 Å². The number of nitrogens with one attached hydrogen (secondary N) is 1. The highest BCUT2D eigenvalue weighted by molar-refractivity contribution is 5.86. The maximum Gasteiger partial charge on any atom is 0.416 e. The summed E-state index contributed by atoms with van der Waals surface area (Å²) in [5.74, 6) is -0.144. The average Bonchev–Trinajstić information content (AvgIpc) is 3.28. The Morgan fingerprint density at radius 3 is 2.13 bits per heavy atom. The van der Waals surface area contributed by atoms with Gasteiger partial charge in [0.2, 0.25) is 5.91 Å². The summed E-state index contributed by atoms with van der Waals surface area (Å²) >= 11 is 0. The van der Waals surface area contributed by atoms with Crippen LogP contribution in [-0.2, 0) is 11.0 Å². The predicted molar refractivity (Wildman–Crippen MR) is 114 cm³/mol. The molecule has 1 heterocycles. The zero-order chi connectivity index (χ0) is 21.8. The number of amides is 1. The summed E-state index contributed by atoms with van der Waals surface area (Å²) in [5, 5.41) is 3.23. The largest absolute Gasteiger partial charge is 0.416 e. The van der Waals surface area contributed by atoms with Gasteiger partial charge in [0.1, 0.15) is 6.04 Å². The van der Waals surface area contributed by atoms with E-state index in [2.05, 4.69) is 5.32 Å². The Bertz CT molecular complexity index is 1000. The molecule has 1 fully saturated rings. The van der Waals surface area contributed by atoms with Crippen LogP contribution in [-0.4, -0.2) is 17.4 Å². The Morgan fingerprint density at radius 1 is 0.903 bits per heavy atom. The molecule has 4 rings (SSSR count). The molecule has 3 aromatic carbocycles. The fourth-order valence-electron chi connectivity index (χ4n) is 4.07. The lowest BCUT2D eigenvalue weighted by Crippen LogP contribution is -2.37. The van der Waals surface area contributed by atoms with E-state index in [-0.39, 0.29) is 11.9 Å². The zero-order valence-corrected chi connectivity index (χ0v) is 16.8. The summed E-state index contributed by atoms with van der Waals surface area (Å²) in [4.78, 5) is 15.5. The van der Waals surface area contributed by atoms with Crippen LogP contribution in [0.15, 0.2) is 84.9 Å². The normalized spacial score (nSPS) is 17.4. The number of nitrogens with zero attached hydrogens (tertiary/aromatic N) is 1. The molecule has 6 heteroatoms. The lowest BCUT2D eigenvalue weighted by atomic mass is 10.0. The second kappa shape index (κ2) is 8.84. The van der Waals surface area contributed by atoms with Crippen molar-refractivity contribution in [3.05, 3.63) is 102 Å². The number of carbonyl (C=O) groups excluding carboxylic acids is 1. The Hall–Kier alpha value is -3.28. The van der Waals surface area contributed by atoms with Gasteiger partial charge in [-0.05, 0) is 48.2 Å². The summed E-state index contributed by atoms with van der Waals surface area (Å²) in [7, 11) is 0. The van der Waals surface area contributed by atoms with E-state index in [9.17, 15) is 18.0 Å². The highest BCUT2D eigenvalue weighted by Gasteiger charge is 2.35. The number of rotatable bonds is 5. The molecule has 2 unspecified atom stereocenters. The number of carbonyl (C=O) groups is 1. The first-order chi connectivity index (χ1) is 14.9. The van der Waals surface area contributed by atoms with Crippen molar-refractivity contribution in [3.63, 3.8) is 0 Å². The van der Waals surface area contributed by atoms with Gasteiger partial charge in [-0.2, -0.15) is 13.2 Å². The van der Waals surface area contributed by atoms with Gasteiger partial charge in [0, 0.05) is 12.2 Å². The number of hydrogen-bond acceptors (Lipinski definition) is 2. The molecule has 0 bridgehead atoms. The van der Waals surface area contributed by atoms with Crippen molar-refractivity contribution in [1.29, 1.82) is 0 Å². The first-order valence-electron chi connectivity index (χ1n) is 10.3. The molecule has 0 spiro atoms. The topological polar surface area (TPSA) is 32.3 Å². The fourth-order valence-corrected chi connectivity index (χ4v) is 4.07. The fraction of sp³-hybridized carbons (Fsp3) is 0.240. The third-order valence-electron chi connectivity index (χ3n) is 5.62. The number of halogens is 3. The second-order valence-electron chi connectivity index (χ2n) is 7.66. The minimum absolute atomic E-state index is 0.0387. The van der Waals surface area contributed by atoms with Crippen molar-refractivity contribution in [2.75, 3.05) is 11.9 Å². The molecule has 0 saturated carbocycles. The SMILES string of the molecule is O=C(C(Nc1ccccc1)c1ccc(C(F)(F)F)cc1)N1CCCC1c1ccccc1. The van der Waals surface area contributed by atoms with E-state index in [1.807, 2.05) is 65.6 Å². The third-order valence-corrected chi connectivity index (χ3v) is 5.62. The number of anilines is 1. The van der Waals surface area contributed by atoms with Crippen LogP contribution in [0.1, 0.15) is 41.6 Å². The first-order valence-corrected chi connectivity index (χ1v) is 10.3. The minimum Gasteiger partial charge on any atom is -0.370 e. The average molecular weight is 424 g/mol. The zero-order valence-electron chi connectivity index (χ0n) is 16.8. The van der Waals surface area contributed by atoms with E-state index in [0.29, 0.717) is 12.1 Å². The highest BCUT2D eigenvalue weighted by Crippen LogP contribution is 2.36. The van der Waals surface area contributed by atoms with Gasteiger partial charge in [-0.1, -0.05) is 60.7 Å². The van der Waals surface area contributed by atoms with Crippen molar-refractivity contribution in [2.45, 2.75) is 31.1 Å². The van der Waals surface area contributed by atoms with Gasteiger partial charge in [-0.15, -0.1) is 0 Å². The van der Waals surface area contributed by atoms with E-state index in [1.165, 1.54) is 12.1 Å². The standard InChI is InChI=1S/C25H23F3N2O/c26-25(27,28)20-15-13-19(14-16-20)23(29-21-10-5-2-6-11-21)24(31)30-17-7-12-22(30)18-8-3-1-4-9-18/h1-6,8-11,13-16,22-23,29H,7,12,17H2. The number of alkyl halides is 3. The molecule has 31 heavy (non-hydrogen) atoms. The van der Waals surface area contributed by atoms with Crippen LogP contribution >= 0.6 is 0 Å². The first kappa shape index (κ1) is 21.0. The number of hydrogen-bond donors (Lipinski definition) is 1. The Labute approximate surface area is 179 Å². The van der Waals surface area contributed by atoms with Crippen molar-refractivity contribution in [2.24, 2.45) is 0 Å². The molecule has 0 aliphatic carbocycles. The Balaban J connectivity index is 1.66. The second-order valence-corrected chi connectivity index (χ2v) is 7.66. The van der Waals surface area contributed by atoms with Gasteiger partial charge in [0.25, 0.3) is 0 Å². The van der Waals surface area contributed by atoms with Gasteiger partial charge < -0.3 is 10.2 Å². The summed E-state index contributed by atoms with van der Waals surface area (Å²) in [6.45, 7) is 0.617. The monoisotopic (exact) mass is 424 g/mol. The maximum atomic E-state index is 13.7. The van der Waals surface area contributed by atoms with Gasteiger partial charge >= 0.3 is 6.18 Å². The van der Waals surface area contributed by atoms with Gasteiger partial charge in [0.05, 0.1) is 11.6 Å². The molecule has 3 aromatic rings. The molecule has 0 radical (unpaired) electrons. The number of likely N-dealkylation sites (tertiary alicyclic amines) is 1. The molecule has 1 saturated heterocycles. The van der Waals surface area contributed by atoms with Crippen LogP contribution in [0.25, 0.3) is 0 Å². The van der Waals surface area contributed by atoms with E-state index < -0.39 is 17.8 Å². The Morgan fingerprint density at radius 2 is 1.52 bits per heavy atom. The number of para-hydroxylation sites is 1. The third kappa shape index (κ3) is 4.74. The van der Waals surface area contributed by atoms with Crippen LogP contribution in [0, 0.1) is 0 Å². The van der Waals surface area contributed by atoms with Crippen molar-refractivity contribution in [1.82, 2.24) is 4.90 Å². The van der Waals surface area contributed by atoms with Gasteiger partial charge in [-0.3, -0.25) is 4.79 Å². The lowest BCUT2D eigenvalue weighted by molar-refractivity contribution is -0.137. The van der Waals surface area contributed by atoms with Gasteiger partial charge in [-0.25, -0.2) is 0 Å². The molecule has 1 N–H and O–H groups in total. The van der Waals surface area contributed by atoms with E-state index in [4.69, 9.17) is 0 Å². The van der Waals surface area contributed by atoms with Crippen LogP contribution in [0.2, 0.25) is 0 Å². The van der Waals surface area contributed by atoms with E-state index in [0.717, 1.165) is 36.2 Å². The van der Waals surface area contributed by atoms with Crippen molar-refractivity contribution >= 4 is 11.6 Å². The summed E-state index contributed by atoms with van der Waals surface area (Å²) < 4.78 is 39.1. The van der Waals surface area contributed by atoms with Crippen LogP contribution in [0.3, 0.4) is 0 Å². The lowest BCUT2D eigenvalue weighted by Gasteiger charge is -2.30. The molecule has 0 aromatic heterocycles. The summed E-state index contributed by atoms with van der Waals surface area (Å²) in [6.07, 6.45) is -2.67. The molecule has 1 aliphatic rings. The molecule has 2 atom stereocenters. The minimum atomic E-state index is -4.42. The highest BCUT2D eigenvalue weighted by atomic mass is 19.4. The smallest absolute Gasteiger partial charge is 0.370 e. The van der Waals surface area contributed by atoms with Gasteiger partial charge in [0.15, 0.2) is 0 Å². The summed E-state index contributed by atoms with van der Waals surface area (Å²) in [5.41, 5.74) is 1.57. The Kier molecular flexibility index (Phi) is 5.98. The molecular weight excluding hydrogens is 401 g/mol. The molecule has 3 nitrogen and oxygen atoms in total. The van der Waals surface area contributed by atoms with Crippen molar-refractivity contribution in [3.8, 4) is 0 Å². The molecule has 160 valence electrons.